The lowest BCUT2D eigenvalue weighted by Gasteiger charge is -2.15. The smallest absolute Gasteiger partial charge is 0.223 e. The molecule has 0 saturated heterocycles. The van der Waals surface area contributed by atoms with E-state index >= 15 is 0 Å². The third-order valence-corrected chi connectivity index (χ3v) is 2.58. The van der Waals surface area contributed by atoms with Crippen LogP contribution in [0.5, 0.6) is 11.5 Å². The number of hydrogen-bond donors (Lipinski definition) is 2. The summed E-state index contributed by atoms with van der Waals surface area (Å²) in [4.78, 5) is 11.1. The van der Waals surface area contributed by atoms with E-state index < -0.39 is 0 Å². The molecule has 1 atom stereocenters. The fraction of sp³-hybridized carbons (Fsp3) is 0.462. The molecule has 1 aromatic rings. The molecule has 0 aliphatic rings. The number of rotatable bonds is 6. The highest BCUT2D eigenvalue weighted by molar-refractivity contribution is 5.75. The molecular formula is C13H20N2O3. The second kappa shape index (κ2) is 6.86. The number of nitrogens with two attached hydrogens (primary N) is 1. The molecule has 0 saturated carbocycles. The third kappa shape index (κ3) is 3.92. The fourth-order valence-corrected chi connectivity index (χ4v) is 1.52. The van der Waals surface area contributed by atoms with E-state index in [0.717, 1.165) is 5.56 Å². The summed E-state index contributed by atoms with van der Waals surface area (Å²) in [5, 5.41) is 2.54. The van der Waals surface area contributed by atoms with Gasteiger partial charge in [-0.1, -0.05) is 6.07 Å². The van der Waals surface area contributed by atoms with Gasteiger partial charge in [0, 0.05) is 24.7 Å². The van der Waals surface area contributed by atoms with Gasteiger partial charge in [0.25, 0.3) is 0 Å². The summed E-state index contributed by atoms with van der Waals surface area (Å²) in [5.74, 6) is 1.31. The van der Waals surface area contributed by atoms with E-state index in [1.807, 2.05) is 19.1 Å². The van der Waals surface area contributed by atoms with Gasteiger partial charge in [-0.15, -0.1) is 0 Å². The van der Waals surface area contributed by atoms with Crippen LogP contribution in [0.4, 0.5) is 0 Å². The van der Waals surface area contributed by atoms with Crippen LogP contribution in [0.25, 0.3) is 0 Å². The lowest BCUT2D eigenvalue weighted by atomic mass is 10.1. The molecule has 0 bridgehead atoms. The van der Waals surface area contributed by atoms with E-state index in [4.69, 9.17) is 15.2 Å². The zero-order valence-corrected chi connectivity index (χ0v) is 11.0. The van der Waals surface area contributed by atoms with Crippen LogP contribution in [0.1, 0.15) is 24.9 Å². The van der Waals surface area contributed by atoms with Gasteiger partial charge in [0.2, 0.25) is 5.91 Å². The molecule has 5 heteroatoms. The first-order chi connectivity index (χ1) is 8.58. The summed E-state index contributed by atoms with van der Waals surface area (Å²) in [7, 11) is 3.19. The molecular weight excluding hydrogens is 232 g/mol. The first-order valence-corrected chi connectivity index (χ1v) is 5.85. The quantitative estimate of drug-likeness (QED) is 0.798. The van der Waals surface area contributed by atoms with E-state index in [2.05, 4.69) is 5.32 Å². The minimum atomic E-state index is -0.133. The maximum absolute atomic E-state index is 11.1. The Morgan fingerprint density at radius 2 is 2.22 bits per heavy atom. The summed E-state index contributed by atoms with van der Waals surface area (Å²) in [6, 6.07) is 5.36. The van der Waals surface area contributed by atoms with Gasteiger partial charge in [-0.05, 0) is 13.0 Å². The van der Waals surface area contributed by atoms with Gasteiger partial charge in [-0.25, -0.2) is 0 Å². The average Bonchev–Trinajstić information content (AvgIpc) is 2.37. The summed E-state index contributed by atoms with van der Waals surface area (Å²) < 4.78 is 10.7. The van der Waals surface area contributed by atoms with Crippen LogP contribution in [0.3, 0.4) is 0 Å². The van der Waals surface area contributed by atoms with Crippen molar-refractivity contribution in [1.29, 1.82) is 0 Å². The van der Waals surface area contributed by atoms with Gasteiger partial charge in [-0.3, -0.25) is 4.79 Å². The second-order valence-corrected chi connectivity index (χ2v) is 3.96. The Labute approximate surface area is 107 Å². The Kier molecular flexibility index (Phi) is 5.45. The molecule has 0 spiro atoms. The van der Waals surface area contributed by atoms with Crippen molar-refractivity contribution in [3.8, 4) is 11.5 Å². The molecule has 0 aliphatic heterocycles. The van der Waals surface area contributed by atoms with Gasteiger partial charge >= 0.3 is 0 Å². The van der Waals surface area contributed by atoms with E-state index in [1.54, 1.807) is 20.2 Å². The highest BCUT2D eigenvalue weighted by atomic mass is 16.5. The molecule has 100 valence electrons. The van der Waals surface area contributed by atoms with Crippen molar-refractivity contribution in [1.82, 2.24) is 5.32 Å². The molecule has 5 nitrogen and oxygen atoms in total. The van der Waals surface area contributed by atoms with Gasteiger partial charge in [-0.2, -0.15) is 0 Å². The highest BCUT2D eigenvalue weighted by Gasteiger charge is 2.10. The minimum Gasteiger partial charge on any atom is -0.497 e. The Morgan fingerprint density at radius 3 is 2.78 bits per heavy atom. The Morgan fingerprint density at radius 1 is 1.50 bits per heavy atom. The zero-order valence-electron chi connectivity index (χ0n) is 11.0. The number of hydrogen-bond acceptors (Lipinski definition) is 4. The Hall–Kier alpha value is -1.75. The SMILES string of the molecule is CNC(=O)CCOc1cc(OC)ccc1C(C)N. The number of ether oxygens (including phenoxy) is 2. The van der Waals surface area contributed by atoms with Crippen molar-refractivity contribution in [3.05, 3.63) is 23.8 Å². The van der Waals surface area contributed by atoms with Crippen molar-refractivity contribution in [2.24, 2.45) is 5.73 Å². The van der Waals surface area contributed by atoms with Crippen LogP contribution in [-0.4, -0.2) is 26.7 Å². The first-order valence-electron chi connectivity index (χ1n) is 5.85. The zero-order chi connectivity index (χ0) is 13.5. The summed E-state index contributed by atoms with van der Waals surface area (Å²) in [6.07, 6.45) is 0.312. The predicted octanol–water partition coefficient (Wildman–Crippen LogP) is 1.23. The summed E-state index contributed by atoms with van der Waals surface area (Å²) in [6.45, 7) is 2.19. The topological polar surface area (TPSA) is 73.6 Å². The van der Waals surface area contributed by atoms with Crippen molar-refractivity contribution in [2.45, 2.75) is 19.4 Å². The molecule has 0 aromatic heterocycles. The predicted molar refractivity (Wildman–Crippen MR) is 69.8 cm³/mol. The van der Waals surface area contributed by atoms with Crippen LogP contribution in [0, 0.1) is 0 Å². The molecule has 0 fully saturated rings. The van der Waals surface area contributed by atoms with Gasteiger partial charge in [0.1, 0.15) is 11.5 Å². The fourth-order valence-electron chi connectivity index (χ4n) is 1.52. The van der Waals surface area contributed by atoms with E-state index in [9.17, 15) is 4.79 Å². The number of methoxy groups -OCH3 is 1. The van der Waals surface area contributed by atoms with Crippen molar-refractivity contribution < 1.29 is 14.3 Å². The lowest BCUT2D eigenvalue weighted by Crippen LogP contribution is -2.20. The Bertz CT molecular complexity index is 405. The van der Waals surface area contributed by atoms with Crippen LogP contribution in [0.15, 0.2) is 18.2 Å². The second-order valence-electron chi connectivity index (χ2n) is 3.96. The maximum atomic E-state index is 11.1. The highest BCUT2D eigenvalue weighted by Crippen LogP contribution is 2.28. The molecule has 3 N–H and O–H groups in total. The van der Waals surface area contributed by atoms with Gasteiger partial charge in [0.05, 0.1) is 20.1 Å². The van der Waals surface area contributed by atoms with Crippen LogP contribution in [-0.2, 0) is 4.79 Å². The largest absolute Gasteiger partial charge is 0.497 e. The molecule has 1 amide bonds. The van der Waals surface area contributed by atoms with Gasteiger partial charge < -0.3 is 20.5 Å². The van der Waals surface area contributed by atoms with E-state index in [0.29, 0.717) is 24.5 Å². The molecule has 1 unspecified atom stereocenters. The molecule has 0 radical (unpaired) electrons. The number of nitrogens with one attached hydrogen (secondary N) is 1. The molecule has 0 aliphatic carbocycles. The number of carbonyl (C=O) groups excluding carboxylic acids is 1. The lowest BCUT2D eigenvalue weighted by molar-refractivity contribution is -0.121. The molecule has 1 rings (SSSR count). The third-order valence-electron chi connectivity index (χ3n) is 2.58. The van der Waals surface area contributed by atoms with E-state index in [-0.39, 0.29) is 11.9 Å². The van der Waals surface area contributed by atoms with Crippen LogP contribution in [0.2, 0.25) is 0 Å². The Balaban J connectivity index is 2.74. The number of amides is 1. The number of carbonyl (C=O) groups is 1. The monoisotopic (exact) mass is 252 g/mol. The maximum Gasteiger partial charge on any atom is 0.223 e. The normalized spacial score (nSPS) is 11.8. The van der Waals surface area contributed by atoms with Crippen LogP contribution < -0.4 is 20.5 Å². The molecule has 1 aromatic carbocycles. The van der Waals surface area contributed by atoms with Crippen molar-refractivity contribution in [3.63, 3.8) is 0 Å². The molecule has 0 heterocycles. The number of benzene rings is 1. The average molecular weight is 252 g/mol. The standard InChI is InChI=1S/C13H20N2O3/c1-9(14)11-5-4-10(17-3)8-12(11)18-7-6-13(16)15-2/h4-5,8-9H,6-7,14H2,1-3H3,(H,15,16). The molecule has 18 heavy (non-hydrogen) atoms. The van der Waals surface area contributed by atoms with Crippen molar-refractivity contribution >= 4 is 5.91 Å². The van der Waals surface area contributed by atoms with E-state index in [1.165, 1.54) is 0 Å². The first kappa shape index (κ1) is 14.3. The summed E-state index contributed by atoms with van der Waals surface area (Å²) in [5.41, 5.74) is 6.76. The summed E-state index contributed by atoms with van der Waals surface area (Å²) >= 11 is 0. The van der Waals surface area contributed by atoms with Crippen molar-refractivity contribution in [2.75, 3.05) is 20.8 Å². The minimum absolute atomic E-state index is 0.0553. The van der Waals surface area contributed by atoms with Crippen LogP contribution >= 0.6 is 0 Å². The van der Waals surface area contributed by atoms with Gasteiger partial charge in [0.15, 0.2) is 0 Å².